The van der Waals surface area contributed by atoms with Crippen molar-refractivity contribution in [3.05, 3.63) is 82.9 Å². The van der Waals surface area contributed by atoms with Crippen LogP contribution in [-0.4, -0.2) is 12.0 Å². The summed E-state index contributed by atoms with van der Waals surface area (Å²) in [5, 5.41) is 1.09. The van der Waals surface area contributed by atoms with Gasteiger partial charge < -0.3 is 9.64 Å². The summed E-state index contributed by atoms with van der Waals surface area (Å²) in [6.45, 7) is 4.17. The molecule has 0 radical (unpaired) electrons. The van der Waals surface area contributed by atoms with Gasteiger partial charge in [0, 0.05) is 25.6 Å². The van der Waals surface area contributed by atoms with Crippen molar-refractivity contribution in [1.29, 1.82) is 0 Å². The number of anilines is 1. The summed E-state index contributed by atoms with van der Waals surface area (Å²) in [6.07, 6.45) is 2.11. The molecule has 1 aliphatic rings. The van der Waals surface area contributed by atoms with Crippen molar-refractivity contribution >= 4 is 28.7 Å². The van der Waals surface area contributed by atoms with Crippen molar-refractivity contribution in [2.75, 3.05) is 11.9 Å². The molecule has 0 aliphatic carbocycles. The smallest absolute Gasteiger partial charge is 0.347 e. The quantitative estimate of drug-likeness (QED) is 0.373. The van der Waals surface area contributed by atoms with Crippen molar-refractivity contribution < 1.29 is 38.0 Å². The number of aromatic nitrogens is 2. The molecule has 0 unspecified atom stereocenters. The number of ether oxygens (including phenoxy) is 1. The Morgan fingerprint density at radius 2 is 1.64 bits per heavy atom. The second-order valence-corrected chi connectivity index (χ2v) is 9.11. The van der Waals surface area contributed by atoms with Gasteiger partial charge in [0.2, 0.25) is 5.88 Å². The lowest BCUT2D eigenvalue weighted by Gasteiger charge is -2.17. The Labute approximate surface area is 196 Å². The summed E-state index contributed by atoms with van der Waals surface area (Å²) in [6, 6.07) is 20.7. The molecule has 170 valence electrons. The Hall–Kier alpha value is -3.05. The first kappa shape index (κ1) is 23.1. The van der Waals surface area contributed by atoms with Crippen LogP contribution in [0.2, 0.25) is 0 Å². The van der Waals surface area contributed by atoms with Crippen LogP contribution in [-0.2, 0) is 0 Å². The van der Waals surface area contributed by atoms with E-state index in [0.29, 0.717) is 0 Å². The zero-order valence-corrected chi connectivity index (χ0v) is 19.6. The molecule has 33 heavy (non-hydrogen) atoms. The lowest BCUT2D eigenvalue weighted by molar-refractivity contribution is -2.00. The molecule has 0 saturated carbocycles. The monoisotopic (exact) mass is 485 g/mol. The molecule has 10 heteroatoms. The second kappa shape index (κ2) is 9.06. The fourth-order valence-corrected chi connectivity index (χ4v) is 4.81. The van der Waals surface area contributed by atoms with E-state index in [1.807, 2.05) is 38.2 Å². The normalized spacial score (nSPS) is 14.2. The van der Waals surface area contributed by atoms with Gasteiger partial charge in [0.25, 0.3) is 0 Å². The highest BCUT2D eigenvalue weighted by atomic mass is 35.7. The molecule has 1 aliphatic heterocycles. The van der Waals surface area contributed by atoms with Crippen molar-refractivity contribution in [2.24, 2.45) is 0 Å². The third kappa shape index (κ3) is 5.14. The molecule has 5 rings (SSSR count). The van der Waals surface area contributed by atoms with Crippen LogP contribution < -0.4 is 32.7 Å². The Morgan fingerprint density at radius 3 is 2.30 bits per heavy atom. The largest absolute Gasteiger partial charge is 0.438 e. The molecule has 0 spiro atoms. The minimum atomic E-state index is -4.94. The molecule has 0 atom stereocenters. The van der Waals surface area contributed by atoms with Crippen LogP contribution in [0.1, 0.15) is 16.4 Å². The van der Waals surface area contributed by atoms with Crippen LogP contribution in [0.25, 0.3) is 22.2 Å². The third-order valence-electron chi connectivity index (χ3n) is 4.95. The maximum Gasteiger partial charge on any atom is 0.347 e. The number of rotatable bonds is 2. The average molecular weight is 486 g/mol. The summed E-state index contributed by atoms with van der Waals surface area (Å²) < 4.78 is 42.3. The number of aryl methyl sites for hydroxylation is 2. The minimum Gasteiger partial charge on any atom is -0.438 e. The number of hydrogen-bond donors (Lipinski definition) is 0. The first-order valence-corrected chi connectivity index (χ1v) is 11.9. The van der Waals surface area contributed by atoms with E-state index >= 15 is 0 Å². The van der Waals surface area contributed by atoms with Gasteiger partial charge in [-0.2, -0.15) is 4.40 Å². The summed E-state index contributed by atoms with van der Waals surface area (Å²) >= 11 is 1.73. The van der Waals surface area contributed by atoms with Crippen molar-refractivity contribution in [2.45, 2.75) is 13.8 Å². The Kier molecular flexibility index (Phi) is 6.35. The Morgan fingerprint density at radius 1 is 1.00 bits per heavy atom. The van der Waals surface area contributed by atoms with Crippen LogP contribution in [0, 0.1) is 24.1 Å². The van der Waals surface area contributed by atoms with Crippen molar-refractivity contribution in [1.82, 2.24) is 4.98 Å². The predicted octanol–water partition coefficient (Wildman–Crippen LogP) is 0.237. The second-order valence-electron chi connectivity index (χ2n) is 7.32. The molecule has 2 aromatic carbocycles. The molecule has 3 heterocycles. The van der Waals surface area contributed by atoms with E-state index < -0.39 is 10.2 Å². The predicted molar refractivity (Wildman–Crippen MR) is 114 cm³/mol. The molecule has 2 aromatic heterocycles. The highest BCUT2D eigenvalue weighted by molar-refractivity contribution is 7.16. The fraction of sp³-hybridized carbons (Fsp3) is 0.130. The van der Waals surface area contributed by atoms with Crippen LogP contribution in [0.4, 0.5) is 5.69 Å². The van der Waals surface area contributed by atoms with Crippen molar-refractivity contribution in [3.8, 4) is 16.2 Å². The zero-order chi connectivity index (χ0) is 23.8. The highest BCUT2D eigenvalue weighted by Gasteiger charge is 2.27. The molecule has 0 amide bonds. The molecular formula is C23H20ClN3O5S. The number of nitrogens with zero attached hydrogens (tertiary/aromatic N) is 3. The van der Waals surface area contributed by atoms with Gasteiger partial charge in [0.15, 0.2) is 16.5 Å². The summed E-state index contributed by atoms with van der Waals surface area (Å²) in [5.41, 5.74) is 5.42. The van der Waals surface area contributed by atoms with E-state index in [-0.39, 0.29) is 0 Å². The number of halogens is 1. The standard InChI is InChI=1S/C23H20N3OS.ClHO4/c1-15-13-16(2)26-21(14-20-25(3)18-11-7-8-12-19(18)27-20)28-22(23(26)24-15)17-9-5-4-6-10-17;2-1(3,4)5/h4-14H,1-3H3;(H,2,3,4,5)/q+1;/p-1. The van der Waals surface area contributed by atoms with Crippen LogP contribution in [0.5, 0.6) is 5.75 Å². The lowest BCUT2D eigenvalue weighted by Crippen LogP contribution is -2.68. The fourth-order valence-electron chi connectivity index (χ4n) is 3.63. The third-order valence-corrected chi connectivity index (χ3v) is 6.08. The van der Waals surface area contributed by atoms with Gasteiger partial charge in [-0.1, -0.05) is 53.8 Å². The van der Waals surface area contributed by atoms with E-state index in [1.54, 1.807) is 11.3 Å². The molecule has 0 bridgehead atoms. The van der Waals surface area contributed by atoms with E-state index in [4.69, 9.17) is 28.4 Å². The summed E-state index contributed by atoms with van der Waals surface area (Å²) in [7, 11) is -2.91. The Balaban J connectivity index is 0.000000471. The van der Waals surface area contributed by atoms with E-state index in [2.05, 4.69) is 58.7 Å². The number of fused-ring (bicyclic) bond motifs is 2. The molecular weight excluding hydrogens is 466 g/mol. The van der Waals surface area contributed by atoms with E-state index in [1.165, 1.54) is 5.56 Å². The van der Waals surface area contributed by atoms with Gasteiger partial charge in [-0.15, -0.1) is 10.2 Å². The molecule has 4 aromatic rings. The van der Waals surface area contributed by atoms with E-state index in [0.717, 1.165) is 44.2 Å². The molecule has 8 nitrogen and oxygen atoms in total. The lowest BCUT2D eigenvalue weighted by atomic mass is 10.2. The molecule has 0 saturated heterocycles. The van der Waals surface area contributed by atoms with Crippen LogP contribution in [0.3, 0.4) is 0 Å². The van der Waals surface area contributed by atoms with E-state index in [9.17, 15) is 0 Å². The number of hydrogen-bond acceptors (Lipinski definition) is 8. The summed E-state index contributed by atoms with van der Waals surface area (Å²) in [5.74, 6) is 1.70. The van der Waals surface area contributed by atoms with Gasteiger partial charge in [-0.05, 0) is 24.0 Å². The first-order chi connectivity index (χ1) is 15.6. The maximum atomic E-state index is 8.49. The zero-order valence-electron chi connectivity index (χ0n) is 18.0. The first-order valence-electron chi connectivity index (χ1n) is 9.84. The van der Waals surface area contributed by atoms with Crippen LogP contribution in [0.15, 0.2) is 66.5 Å². The highest BCUT2D eigenvalue weighted by Crippen LogP contribution is 2.39. The SMILES string of the molecule is Cc1cc(C)[n+]2c(/C=C3/Oc4ccccc4N3C)sc(-c3ccccc3)c2n1.[O-][Cl+3]([O-])([O-])[O-]. The number of para-hydroxylation sites is 2. The number of benzene rings is 2. The topological polar surface area (TPSA) is 122 Å². The molecule has 0 N–H and O–H groups in total. The van der Waals surface area contributed by atoms with Gasteiger partial charge in [0.1, 0.15) is 10.6 Å². The van der Waals surface area contributed by atoms with Crippen molar-refractivity contribution in [3.63, 3.8) is 0 Å². The Bertz CT molecular complexity index is 1330. The van der Waals surface area contributed by atoms with Gasteiger partial charge in [-0.25, -0.2) is 18.6 Å². The average Bonchev–Trinajstić information content (AvgIpc) is 3.26. The number of thiazole rings is 1. The summed E-state index contributed by atoms with van der Waals surface area (Å²) in [4.78, 5) is 8.10. The maximum absolute atomic E-state index is 8.49. The molecule has 0 fully saturated rings. The minimum absolute atomic E-state index is 0.816. The van der Waals surface area contributed by atoms with Gasteiger partial charge in [-0.3, -0.25) is 0 Å². The van der Waals surface area contributed by atoms with Gasteiger partial charge >= 0.3 is 5.65 Å². The van der Waals surface area contributed by atoms with Crippen LogP contribution >= 0.6 is 11.3 Å². The van der Waals surface area contributed by atoms with Gasteiger partial charge in [0.05, 0.1) is 11.8 Å².